The van der Waals surface area contributed by atoms with E-state index in [9.17, 15) is 4.79 Å². The number of ketones is 1. The fraction of sp³-hybridized carbons (Fsp3) is 0.211. The minimum atomic E-state index is 0.00859. The van der Waals surface area contributed by atoms with Crippen LogP contribution in [0.4, 0.5) is 5.69 Å². The van der Waals surface area contributed by atoms with E-state index in [-0.39, 0.29) is 5.78 Å². The molecule has 1 saturated heterocycles. The Hall–Kier alpha value is -1.91. The Balaban J connectivity index is 1.69. The Bertz CT molecular complexity index is 704. The quantitative estimate of drug-likeness (QED) is 0.596. The van der Waals surface area contributed by atoms with Crippen LogP contribution in [0.3, 0.4) is 0 Å². The largest absolute Gasteiger partial charge is 0.378 e. The third-order valence-corrected chi connectivity index (χ3v) is 4.57. The molecule has 0 saturated carbocycles. The second kappa shape index (κ2) is 7.57. The second-order valence-electron chi connectivity index (χ2n) is 5.37. The van der Waals surface area contributed by atoms with Crippen LogP contribution < -0.4 is 4.90 Å². The highest BCUT2D eigenvalue weighted by atomic mass is 79.9. The van der Waals surface area contributed by atoms with Crippen molar-refractivity contribution >= 4 is 33.5 Å². The van der Waals surface area contributed by atoms with Crippen molar-refractivity contribution in [3.8, 4) is 0 Å². The summed E-state index contributed by atoms with van der Waals surface area (Å²) in [5.41, 5.74) is 2.83. The van der Waals surface area contributed by atoms with Gasteiger partial charge in [0.2, 0.25) is 0 Å². The zero-order valence-electron chi connectivity index (χ0n) is 12.7. The number of ether oxygens (including phenoxy) is 1. The molecule has 2 aromatic carbocycles. The van der Waals surface area contributed by atoms with E-state index in [0.717, 1.165) is 42.0 Å². The number of carbonyl (C=O) groups is 1. The van der Waals surface area contributed by atoms with Gasteiger partial charge < -0.3 is 9.64 Å². The number of carbonyl (C=O) groups excluding carboxylic acids is 1. The Labute approximate surface area is 144 Å². The summed E-state index contributed by atoms with van der Waals surface area (Å²) in [5, 5.41) is 0. The summed E-state index contributed by atoms with van der Waals surface area (Å²) < 4.78 is 6.34. The fourth-order valence-corrected chi connectivity index (χ4v) is 2.95. The molecule has 118 valence electrons. The number of rotatable bonds is 4. The van der Waals surface area contributed by atoms with E-state index in [0.29, 0.717) is 5.56 Å². The van der Waals surface area contributed by atoms with Crippen molar-refractivity contribution in [1.82, 2.24) is 0 Å². The predicted octanol–water partition coefficient (Wildman–Crippen LogP) is 4.18. The number of hydrogen-bond acceptors (Lipinski definition) is 3. The minimum absolute atomic E-state index is 0.00859. The summed E-state index contributed by atoms with van der Waals surface area (Å²) in [7, 11) is 0. The molecule has 4 heteroatoms. The molecule has 3 rings (SSSR count). The van der Waals surface area contributed by atoms with Crippen molar-refractivity contribution in [2.75, 3.05) is 31.2 Å². The lowest BCUT2D eigenvalue weighted by molar-refractivity contribution is 0.104. The SMILES string of the molecule is O=C(C=Cc1ccccc1Br)c1ccc(N2CCOCC2)cc1. The fourth-order valence-electron chi connectivity index (χ4n) is 2.53. The number of benzene rings is 2. The molecule has 0 radical (unpaired) electrons. The molecule has 0 aromatic heterocycles. The zero-order chi connectivity index (χ0) is 16.1. The van der Waals surface area contributed by atoms with Gasteiger partial charge in [0.25, 0.3) is 0 Å². The van der Waals surface area contributed by atoms with Gasteiger partial charge in [0.05, 0.1) is 13.2 Å². The monoisotopic (exact) mass is 371 g/mol. The smallest absolute Gasteiger partial charge is 0.185 e. The first-order valence-corrected chi connectivity index (χ1v) is 8.43. The Morgan fingerprint density at radius 1 is 1.04 bits per heavy atom. The standard InChI is InChI=1S/C19H18BrNO2/c20-18-4-2-1-3-15(18)7-10-19(22)16-5-8-17(9-6-16)21-11-13-23-14-12-21/h1-10H,11-14H2. The summed E-state index contributed by atoms with van der Waals surface area (Å²) in [4.78, 5) is 14.6. The number of nitrogens with zero attached hydrogens (tertiary/aromatic N) is 1. The highest BCUT2D eigenvalue weighted by Gasteiger charge is 2.11. The van der Waals surface area contributed by atoms with Gasteiger partial charge in [-0.3, -0.25) is 4.79 Å². The molecule has 1 fully saturated rings. The van der Waals surface area contributed by atoms with Gasteiger partial charge in [-0.25, -0.2) is 0 Å². The number of allylic oxidation sites excluding steroid dienone is 1. The molecule has 1 aliphatic rings. The summed E-state index contributed by atoms with van der Waals surface area (Å²) in [6.07, 6.45) is 3.45. The zero-order valence-corrected chi connectivity index (χ0v) is 14.3. The number of anilines is 1. The number of hydrogen-bond donors (Lipinski definition) is 0. The molecular weight excluding hydrogens is 354 g/mol. The molecule has 0 atom stereocenters. The maximum Gasteiger partial charge on any atom is 0.185 e. The molecule has 1 heterocycles. The molecule has 3 nitrogen and oxygen atoms in total. The molecule has 0 bridgehead atoms. The molecule has 0 N–H and O–H groups in total. The lowest BCUT2D eigenvalue weighted by Crippen LogP contribution is -2.36. The molecule has 1 aliphatic heterocycles. The summed E-state index contributed by atoms with van der Waals surface area (Å²) in [6.45, 7) is 3.31. The van der Waals surface area contributed by atoms with Gasteiger partial charge in [-0.1, -0.05) is 34.1 Å². The van der Waals surface area contributed by atoms with Crippen LogP contribution in [0.25, 0.3) is 6.08 Å². The summed E-state index contributed by atoms with van der Waals surface area (Å²) >= 11 is 3.48. The van der Waals surface area contributed by atoms with Crippen molar-refractivity contribution in [2.24, 2.45) is 0 Å². The van der Waals surface area contributed by atoms with Crippen molar-refractivity contribution < 1.29 is 9.53 Å². The van der Waals surface area contributed by atoms with Crippen LogP contribution in [0, 0.1) is 0 Å². The van der Waals surface area contributed by atoms with E-state index in [2.05, 4.69) is 20.8 Å². The average molecular weight is 372 g/mol. The predicted molar refractivity (Wildman–Crippen MR) is 97.0 cm³/mol. The molecule has 2 aromatic rings. The van der Waals surface area contributed by atoms with E-state index in [4.69, 9.17) is 4.74 Å². The normalized spacial score (nSPS) is 15.1. The molecule has 0 amide bonds. The summed E-state index contributed by atoms with van der Waals surface area (Å²) in [6, 6.07) is 15.6. The van der Waals surface area contributed by atoms with Crippen LogP contribution >= 0.6 is 15.9 Å². The highest BCUT2D eigenvalue weighted by molar-refractivity contribution is 9.10. The van der Waals surface area contributed by atoms with Crippen molar-refractivity contribution in [1.29, 1.82) is 0 Å². The van der Waals surface area contributed by atoms with Crippen LogP contribution in [0.5, 0.6) is 0 Å². The molecule has 0 spiro atoms. The van der Waals surface area contributed by atoms with Gasteiger partial charge in [-0.2, -0.15) is 0 Å². The van der Waals surface area contributed by atoms with Crippen molar-refractivity contribution in [3.05, 3.63) is 70.2 Å². The molecule has 23 heavy (non-hydrogen) atoms. The third kappa shape index (κ3) is 4.09. The molecule has 0 unspecified atom stereocenters. The van der Waals surface area contributed by atoms with Gasteiger partial charge in [0, 0.05) is 28.8 Å². The van der Waals surface area contributed by atoms with Crippen LogP contribution in [0.15, 0.2) is 59.1 Å². The number of halogens is 1. The minimum Gasteiger partial charge on any atom is -0.378 e. The van der Waals surface area contributed by atoms with Gasteiger partial charge >= 0.3 is 0 Å². The maximum atomic E-state index is 12.3. The maximum absolute atomic E-state index is 12.3. The van der Waals surface area contributed by atoms with Crippen LogP contribution in [0.1, 0.15) is 15.9 Å². The average Bonchev–Trinajstić information content (AvgIpc) is 2.62. The lowest BCUT2D eigenvalue weighted by atomic mass is 10.1. The lowest BCUT2D eigenvalue weighted by Gasteiger charge is -2.28. The van der Waals surface area contributed by atoms with Gasteiger partial charge in [-0.05, 0) is 48.0 Å². The first kappa shape index (κ1) is 16.0. The van der Waals surface area contributed by atoms with E-state index in [1.165, 1.54) is 0 Å². The van der Waals surface area contributed by atoms with Gasteiger partial charge in [0.1, 0.15) is 0 Å². The molecular formula is C19H18BrNO2. The van der Waals surface area contributed by atoms with E-state index in [1.54, 1.807) is 6.08 Å². The third-order valence-electron chi connectivity index (χ3n) is 3.85. The Kier molecular flexibility index (Phi) is 5.26. The van der Waals surface area contributed by atoms with E-state index >= 15 is 0 Å². The van der Waals surface area contributed by atoms with Gasteiger partial charge in [-0.15, -0.1) is 0 Å². The first-order chi connectivity index (χ1) is 11.2. The Morgan fingerprint density at radius 3 is 2.43 bits per heavy atom. The summed E-state index contributed by atoms with van der Waals surface area (Å²) in [5.74, 6) is 0.00859. The van der Waals surface area contributed by atoms with Crippen LogP contribution in [-0.2, 0) is 4.74 Å². The second-order valence-corrected chi connectivity index (χ2v) is 6.22. The van der Waals surface area contributed by atoms with E-state index in [1.807, 2.05) is 54.6 Å². The van der Waals surface area contributed by atoms with E-state index < -0.39 is 0 Å². The molecule has 0 aliphatic carbocycles. The van der Waals surface area contributed by atoms with Crippen LogP contribution in [0.2, 0.25) is 0 Å². The Morgan fingerprint density at radius 2 is 1.74 bits per heavy atom. The van der Waals surface area contributed by atoms with Crippen molar-refractivity contribution in [2.45, 2.75) is 0 Å². The first-order valence-electron chi connectivity index (χ1n) is 7.64. The highest BCUT2D eigenvalue weighted by Crippen LogP contribution is 2.19. The van der Waals surface area contributed by atoms with Crippen molar-refractivity contribution in [3.63, 3.8) is 0 Å². The van der Waals surface area contributed by atoms with Gasteiger partial charge in [0.15, 0.2) is 5.78 Å². The topological polar surface area (TPSA) is 29.5 Å². The number of morpholine rings is 1. The van der Waals surface area contributed by atoms with Crippen LogP contribution in [-0.4, -0.2) is 32.1 Å².